The number of hydrogen-bond donors (Lipinski definition) is 0. The molecule has 2 fully saturated rings. The van der Waals surface area contributed by atoms with E-state index in [9.17, 15) is 0 Å². The van der Waals surface area contributed by atoms with Crippen LogP contribution >= 0.6 is 7.92 Å². The number of para-hydroxylation sites is 1. The molecule has 0 N–H and O–H groups in total. The number of hydrogen-bond acceptors (Lipinski definition) is 0. The van der Waals surface area contributed by atoms with Gasteiger partial charge in [-0.2, -0.15) is 4.57 Å². The molecule has 2 aromatic rings. The molecule has 2 saturated carbocycles. The predicted molar refractivity (Wildman–Crippen MR) is 118 cm³/mol. The van der Waals surface area contributed by atoms with Crippen molar-refractivity contribution in [2.24, 2.45) is 0 Å². The highest BCUT2D eigenvalue weighted by atomic mass is 31.1. The van der Waals surface area contributed by atoms with Gasteiger partial charge in [-0.25, -0.2) is 0 Å². The summed E-state index contributed by atoms with van der Waals surface area (Å²) in [4.78, 5) is 0. The van der Waals surface area contributed by atoms with E-state index in [0.717, 1.165) is 11.3 Å². The maximum atomic E-state index is 2.58. The van der Waals surface area contributed by atoms with Gasteiger partial charge >= 0.3 is 0 Å². The van der Waals surface area contributed by atoms with Crippen LogP contribution in [0.4, 0.5) is 0 Å². The van der Waals surface area contributed by atoms with Crippen molar-refractivity contribution in [3.05, 3.63) is 53.7 Å². The number of pyridine rings is 1. The van der Waals surface area contributed by atoms with Gasteiger partial charge in [0.1, 0.15) is 0 Å². The highest BCUT2D eigenvalue weighted by molar-refractivity contribution is 7.66. The summed E-state index contributed by atoms with van der Waals surface area (Å²) in [7, 11) is -0.0983. The van der Waals surface area contributed by atoms with Crippen LogP contribution in [-0.2, 0) is 0 Å². The van der Waals surface area contributed by atoms with Crippen molar-refractivity contribution in [1.29, 1.82) is 0 Å². The van der Waals surface area contributed by atoms with E-state index in [2.05, 4.69) is 61.0 Å². The lowest BCUT2D eigenvalue weighted by atomic mass is 9.99. The quantitative estimate of drug-likeness (QED) is 0.430. The molecule has 0 aliphatic heterocycles. The van der Waals surface area contributed by atoms with Gasteiger partial charge < -0.3 is 0 Å². The van der Waals surface area contributed by atoms with Gasteiger partial charge in [0.15, 0.2) is 6.20 Å². The van der Waals surface area contributed by atoms with Crippen LogP contribution < -0.4 is 10.0 Å². The highest BCUT2D eigenvalue weighted by Crippen LogP contribution is 2.54. The molecule has 1 nitrogen and oxygen atoms in total. The van der Waals surface area contributed by atoms with Crippen molar-refractivity contribution in [2.45, 2.75) is 89.4 Å². The molecule has 2 heteroatoms. The van der Waals surface area contributed by atoms with Crippen molar-refractivity contribution < 1.29 is 4.57 Å². The minimum absolute atomic E-state index is 0.0983. The standard InChI is InChI=1S/C25H35NP/c1-20-12-11-13-21(2)25(20)26-19-10-9-18-24(26)27(22-14-5-3-6-15-22)23-16-7-4-8-17-23/h9-13,18-19,22-23H,3-8,14-17H2,1-2H3/q+1. The van der Waals surface area contributed by atoms with Gasteiger partial charge in [0.25, 0.3) is 0 Å². The molecule has 0 bridgehead atoms. The van der Waals surface area contributed by atoms with E-state index in [1.54, 1.807) is 5.44 Å². The molecule has 0 spiro atoms. The lowest BCUT2D eigenvalue weighted by molar-refractivity contribution is -0.577. The normalized spacial score (nSPS) is 19.5. The second kappa shape index (κ2) is 8.87. The van der Waals surface area contributed by atoms with Gasteiger partial charge in [-0.1, -0.05) is 56.7 Å². The Hall–Kier alpha value is -1.20. The third-order valence-corrected chi connectivity index (χ3v) is 10.2. The first-order chi connectivity index (χ1) is 13.3. The average Bonchev–Trinajstić information content (AvgIpc) is 2.71. The Bertz CT molecular complexity index is 718. The molecule has 0 atom stereocenters. The van der Waals surface area contributed by atoms with E-state index < -0.39 is 0 Å². The summed E-state index contributed by atoms with van der Waals surface area (Å²) in [5.74, 6) is 0. The molecule has 0 unspecified atom stereocenters. The van der Waals surface area contributed by atoms with Gasteiger partial charge in [-0.15, -0.1) is 0 Å². The van der Waals surface area contributed by atoms with Gasteiger partial charge in [0.2, 0.25) is 11.1 Å². The van der Waals surface area contributed by atoms with E-state index in [1.807, 2.05) is 0 Å². The van der Waals surface area contributed by atoms with E-state index >= 15 is 0 Å². The number of aryl methyl sites for hydroxylation is 2. The second-order valence-corrected chi connectivity index (χ2v) is 11.4. The van der Waals surface area contributed by atoms with Crippen LogP contribution in [0.15, 0.2) is 42.6 Å². The highest BCUT2D eigenvalue weighted by Gasteiger charge is 2.38. The SMILES string of the molecule is Cc1cccc(C)c1-[n+]1ccccc1P(C1CCCCC1)C1CCCCC1. The molecular weight excluding hydrogens is 345 g/mol. The zero-order valence-corrected chi connectivity index (χ0v) is 18.1. The number of aromatic nitrogens is 1. The van der Waals surface area contributed by atoms with Crippen molar-refractivity contribution in [1.82, 2.24) is 0 Å². The summed E-state index contributed by atoms with van der Waals surface area (Å²) >= 11 is 0. The molecule has 1 aromatic carbocycles. The molecule has 1 aromatic heterocycles. The van der Waals surface area contributed by atoms with Crippen LogP contribution in [0, 0.1) is 13.8 Å². The first kappa shape index (κ1) is 19.1. The third kappa shape index (κ3) is 4.14. The van der Waals surface area contributed by atoms with Gasteiger partial charge in [0.05, 0.1) is 0 Å². The summed E-state index contributed by atoms with van der Waals surface area (Å²) in [6.45, 7) is 4.55. The van der Waals surface area contributed by atoms with Crippen LogP contribution in [0.2, 0.25) is 0 Å². The molecule has 0 saturated heterocycles. The Morgan fingerprint density at radius 2 is 1.26 bits per heavy atom. The second-order valence-electron chi connectivity index (χ2n) is 8.66. The smallest absolute Gasteiger partial charge is 0.160 e. The molecule has 0 amide bonds. The molecule has 27 heavy (non-hydrogen) atoms. The van der Waals surface area contributed by atoms with Crippen LogP contribution in [0.3, 0.4) is 0 Å². The molecule has 0 radical (unpaired) electrons. The molecule has 1 heterocycles. The van der Waals surface area contributed by atoms with Crippen molar-refractivity contribution in [3.8, 4) is 5.69 Å². The van der Waals surface area contributed by atoms with Crippen molar-refractivity contribution in [3.63, 3.8) is 0 Å². The Morgan fingerprint density at radius 1 is 0.704 bits per heavy atom. The zero-order valence-electron chi connectivity index (χ0n) is 17.2. The Labute approximate surface area is 167 Å². The minimum Gasteiger partial charge on any atom is -0.160 e. The van der Waals surface area contributed by atoms with Crippen LogP contribution in [-0.4, -0.2) is 11.3 Å². The molecule has 4 rings (SSSR count). The minimum atomic E-state index is -0.0983. The number of benzene rings is 1. The Balaban J connectivity index is 1.80. The van der Waals surface area contributed by atoms with Gasteiger partial charge in [-0.05, 0) is 56.9 Å². The molecule has 2 aliphatic carbocycles. The molecule has 144 valence electrons. The predicted octanol–water partition coefficient (Wildman–Crippen LogP) is 6.35. The monoisotopic (exact) mass is 380 g/mol. The summed E-state index contributed by atoms with van der Waals surface area (Å²) in [6, 6.07) is 13.7. The van der Waals surface area contributed by atoms with Gasteiger partial charge in [-0.3, -0.25) is 0 Å². The van der Waals surface area contributed by atoms with Crippen LogP contribution in [0.25, 0.3) is 5.69 Å². The fraction of sp³-hybridized carbons (Fsp3) is 0.560. The van der Waals surface area contributed by atoms with Crippen molar-refractivity contribution >= 4 is 13.4 Å². The molecular formula is C25H35NP+. The summed E-state index contributed by atoms with van der Waals surface area (Å²) < 4.78 is 2.58. The maximum absolute atomic E-state index is 2.58. The Kier molecular flexibility index (Phi) is 6.28. The van der Waals surface area contributed by atoms with E-state index in [-0.39, 0.29) is 7.92 Å². The lowest BCUT2D eigenvalue weighted by Crippen LogP contribution is -2.49. The van der Waals surface area contributed by atoms with Crippen molar-refractivity contribution in [2.75, 3.05) is 0 Å². The third-order valence-electron chi connectivity index (χ3n) is 6.72. The number of rotatable bonds is 4. The fourth-order valence-electron chi connectivity index (χ4n) is 5.41. The van der Waals surface area contributed by atoms with E-state index in [4.69, 9.17) is 0 Å². The largest absolute Gasteiger partial charge is 0.216 e. The first-order valence-electron chi connectivity index (χ1n) is 11.1. The topological polar surface area (TPSA) is 3.88 Å². The van der Waals surface area contributed by atoms with Crippen LogP contribution in [0.1, 0.15) is 75.3 Å². The molecule has 2 aliphatic rings. The Morgan fingerprint density at radius 3 is 1.81 bits per heavy atom. The maximum Gasteiger partial charge on any atom is 0.216 e. The fourth-order valence-corrected chi connectivity index (χ4v) is 9.27. The average molecular weight is 381 g/mol. The van der Waals surface area contributed by atoms with Crippen LogP contribution in [0.5, 0.6) is 0 Å². The number of nitrogens with zero attached hydrogens (tertiary/aromatic N) is 1. The van der Waals surface area contributed by atoms with E-state index in [1.165, 1.54) is 81.0 Å². The van der Waals surface area contributed by atoms with Gasteiger partial charge in [0, 0.05) is 31.2 Å². The van der Waals surface area contributed by atoms with E-state index in [0.29, 0.717) is 0 Å². The zero-order chi connectivity index (χ0) is 18.6. The summed E-state index contributed by atoms with van der Waals surface area (Å²) in [5.41, 5.74) is 7.74. The summed E-state index contributed by atoms with van der Waals surface area (Å²) in [6.07, 6.45) is 16.9. The summed E-state index contributed by atoms with van der Waals surface area (Å²) in [5, 5.41) is 0. The first-order valence-corrected chi connectivity index (χ1v) is 12.6. The lowest BCUT2D eigenvalue weighted by Gasteiger charge is -2.36.